The summed E-state index contributed by atoms with van der Waals surface area (Å²) in [4.78, 5) is 39.0. The predicted molar refractivity (Wildman–Crippen MR) is 101 cm³/mol. The zero-order chi connectivity index (χ0) is 21.0. The van der Waals surface area contributed by atoms with Crippen molar-refractivity contribution in [3.8, 4) is 0 Å². The van der Waals surface area contributed by atoms with Crippen molar-refractivity contribution in [3.05, 3.63) is 55.6 Å². The summed E-state index contributed by atoms with van der Waals surface area (Å²) in [7, 11) is 0. The number of carbonyl (C=O) groups excluding carboxylic acids is 2. The summed E-state index contributed by atoms with van der Waals surface area (Å²) in [6.07, 6.45) is 0. The summed E-state index contributed by atoms with van der Waals surface area (Å²) in [5.41, 5.74) is 0.555. The molecule has 3 aromatic rings. The Kier molecular flexibility index (Phi) is 5.97. The molecule has 0 radical (unpaired) electrons. The minimum atomic E-state index is -0.589. The van der Waals surface area contributed by atoms with Gasteiger partial charge in [0.15, 0.2) is 5.82 Å². The van der Waals surface area contributed by atoms with Crippen LogP contribution < -0.4 is 10.6 Å². The number of aryl methyl sites for hydroxylation is 1. The molecule has 0 aliphatic rings. The van der Waals surface area contributed by atoms with E-state index in [0.29, 0.717) is 10.6 Å². The Morgan fingerprint density at radius 2 is 2.00 bits per heavy atom. The fraction of sp³-hybridized carbons (Fsp3) is 0.312. The summed E-state index contributed by atoms with van der Waals surface area (Å²) in [5, 5.41) is 25.9. The van der Waals surface area contributed by atoms with E-state index in [9.17, 15) is 19.7 Å². The zero-order valence-corrected chi connectivity index (χ0v) is 16.4. The highest BCUT2D eigenvalue weighted by atomic mass is 32.1. The number of rotatable bonds is 8. The number of hydrogen-bond acceptors (Lipinski definition) is 9. The zero-order valence-electron chi connectivity index (χ0n) is 15.5. The Morgan fingerprint density at radius 1 is 1.28 bits per heavy atom. The van der Waals surface area contributed by atoms with Gasteiger partial charge in [0, 0.05) is 13.1 Å². The third-order valence-electron chi connectivity index (χ3n) is 3.92. The van der Waals surface area contributed by atoms with Crippen molar-refractivity contribution in [2.75, 3.05) is 13.1 Å². The maximum atomic E-state index is 12.1. The summed E-state index contributed by atoms with van der Waals surface area (Å²) >= 11 is 1.32. The molecule has 29 heavy (non-hydrogen) atoms. The minimum Gasteiger partial charge on any atom is -0.350 e. The van der Waals surface area contributed by atoms with Crippen molar-refractivity contribution in [1.29, 1.82) is 0 Å². The van der Waals surface area contributed by atoms with Crippen molar-refractivity contribution in [1.82, 2.24) is 30.6 Å². The van der Waals surface area contributed by atoms with Gasteiger partial charge in [0.05, 0.1) is 9.80 Å². The number of nitro groups is 1. The Balaban J connectivity index is 1.52. The molecule has 152 valence electrons. The van der Waals surface area contributed by atoms with E-state index in [2.05, 4.69) is 25.9 Å². The average Bonchev–Trinajstić information content (AvgIpc) is 3.40. The smallest absolute Gasteiger partial charge is 0.316 e. The molecule has 12 nitrogen and oxygen atoms in total. The molecule has 0 atom stereocenters. The fourth-order valence-electron chi connectivity index (χ4n) is 2.57. The quantitative estimate of drug-likeness (QED) is 0.311. The molecule has 13 heteroatoms. The van der Waals surface area contributed by atoms with Gasteiger partial charge in [-0.25, -0.2) is 0 Å². The number of hydrogen-bond donors (Lipinski definition) is 2. The van der Waals surface area contributed by atoms with Crippen LogP contribution in [0.2, 0.25) is 0 Å². The molecule has 0 aliphatic heterocycles. The summed E-state index contributed by atoms with van der Waals surface area (Å²) < 4.78 is 6.30. The van der Waals surface area contributed by atoms with Crippen LogP contribution in [-0.4, -0.2) is 49.7 Å². The molecular formula is C16H17N7O5S. The first-order valence-corrected chi connectivity index (χ1v) is 9.35. The van der Waals surface area contributed by atoms with E-state index in [1.807, 2.05) is 0 Å². The lowest BCUT2D eigenvalue weighted by atomic mass is 10.3. The van der Waals surface area contributed by atoms with Crippen LogP contribution in [0.4, 0.5) is 5.69 Å². The topological polar surface area (TPSA) is 158 Å². The van der Waals surface area contributed by atoms with E-state index in [-0.39, 0.29) is 48.6 Å². The Hall–Kier alpha value is -3.61. The van der Waals surface area contributed by atoms with Gasteiger partial charge in [-0.15, -0.1) is 11.3 Å². The van der Waals surface area contributed by atoms with Gasteiger partial charge in [-0.05, 0) is 25.3 Å². The highest BCUT2D eigenvalue weighted by molar-refractivity contribution is 7.12. The number of carbonyl (C=O) groups is 2. The molecule has 0 unspecified atom stereocenters. The lowest BCUT2D eigenvalue weighted by molar-refractivity contribution is -0.386. The molecule has 0 aliphatic carbocycles. The van der Waals surface area contributed by atoms with Gasteiger partial charge in [-0.3, -0.25) is 24.4 Å². The van der Waals surface area contributed by atoms with Gasteiger partial charge in [0.25, 0.3) is 5.91 Å². The molecule has 0 saturated carbocycles. The van der Waals surface area contributed by atoms with Crippen LogP contribution in [0.25, 0.3) is 0 Å². The molecule has 0 aromatic carbocycles. The van der Waals surface area contributed by atoms with Gasteiger partial charge in [-0.2, -0.15) is 10.1 Å². The molecule has 3 aromatic heterocycles. The number of thiophene rings is 1. The SMILES string of the molecule is Cc1nn(Cc2noc(C(=O)NCCNC(=O)c3cccs3)n2)c(C)c1[N+](=O)[O-]. The monoisotopic (exact) mass is 419 g/mol. The van der Waals surface area contributed by atoms with Crippen molar-refractivity contribution in [3.63, 3.8) is 0 Å². The normalized spacial score (nSPS) is 10.7. The van der Waals surface area contributed by atoms with Gasteiger partial charge in [-0.1, -0.05) is 11.2 Å². The molecule has 3 rings (SSSR count). The predicted octanol–water partition coefficient (Wildman–Crippen LogP) is 1.06. The van der Waals surface area contributed by atoms with Gasteiger partial charge in [0.1, 0.15) is 17.9 Å². The Labute approximate surface area is 168 Å². The number of nitrogens with zero attached hydrogens (tertiary/aromatic N) is 5. The van der Waals surface area contributed by atoms with E-state index in [1.54, 1.807) is 24.4 Å². The maximum Gasteiger partial charge on any atom is 0.316 e. The molecule has 0 fully saturated rings. The summed E-state index contributed by atoms with van der Waals surface area (Å²) in [6.45, 7) is 3.54. The molecule has 0 spiro atoms. The van der Waals surface area contributed by atoms with Crippen LogP contribution in [-0.2, 0) is 6.54 Å². The van der Waals surface area contributed by atoms with Crippen LogP contribution in [0, 0.1) is 24.0 Å². The van der Waals surface area contributed by atoms with Crippen LogP contribution in [0.5, 0.6) is 0 Å². The first-order chi connectivity index (χ1) is 13.9. The van der Waals surface area contributed by atoms with Crippen LogP contribution in [0.15, 0.2) is 22.0 Å². The van der Waals surface area contributed by atoms with Gasteiger partial charge in [0.2, 0.25) is 0 Å². The number of amides is 2. The van der Waals surface area contributed by atoms with Crippen LogP contribution in [0.3, 0.4) is 0 Å². The van der Waals surface area contributed by atoms with Crippen molar-refractivity contribution < 1.29 is 19.0 Å². The van der Waals surface area contributed by atoms with E-state index in [0.717, 1.165) is 0 Å². The third kappa shape index (κ3) is 4.63. The highest BCUT2D eigenvalue weighted by Gasteiger charge is 2.23. The van der Waals surface area contributed by atoms with E-state index in [4.69, 9.17) is 4.52 Å². The van der Waals surface area contributed by atoms with Crippen LogP contribution >= 0.6 is 11.3 Å². The van der Waals surface area contributed by atoms with Gasteiger partial charge < -0.3 is 15.2 Å². The fourth-order valence-corrected chi connectivity index (χ4v) is 3.21. The van der Waals surface area contributed by atoms with Crippen LogP contribution in [0.1, 0.15) is 37.6 Å². The van der Waals surface area contributed by atoms with E-state index in [1.165, 1.54) is 22.9 Å². The number of aromatic nitrogens is 4. The molecule has 0 bridgehead atoms. The Bertz CT molecular complexity index is 1040. The first kappa shape index (κ1) is 20.1. The molecule has 3 heterocycles. The molecule has 2 N–H and O–H groups in total. The second kappa shape index (κ2) is 8.60. The number of nitrogens with one attached hydrogen (secondary N) is 2. The van der Waals surface area contributed by atoms with E-state index >= 15 is 0 Å². The standard InChI is InChI=1S/C16H17N7O5S/c1-9-13(23(26)27)10(2)22(20-9)8-12-19-16(28-21-12)15(25)18-6-5-17-14(24)11-4-3-7-29-11/h3-4,7H,5-6,8H2,1-2H3,(H,17,24)(H,18,25). The lowest BCUT2D eigenvalue weighted by Crippen LogP contribution is -2.34. The summed E-state index contributed by atoms with van der Waals surface area (Å²) in [5.74, 6) is -0.899. The van der Waals surface area contributed by atoms with Gasteiger partial charge >= 0.3 is 17.5 Å². The van der Waals surface area contributed by atoms with Crippen molar-refractivity contribution in [2.45, 2.75) is 20.4 Å². The minimum absolute atomic E-state index is 0.0220. The first-order valence-electron chi connectivity index (χ1n) is 8.47. The largest absolute Gasteiger partial charge is 0.350 e. The molecule has 0 saturated heterocycles. The average molecular weight is 419 g/mol. The molecule has 2 amide bonds. The maximum absolute atomic E-state index is 12.1. The third-order valence-corrected chi connectivity index (χ3v) is 4.79. The Morgan fingerprint density at radius 3 is 2.62 bits per heavy atom. The summed E-state index contributed by atoms with van der Waals surface area (Å²) in [6, 6.07) is 3.48. The van der Waals surface area contributed by atoms with Crippen molar-refractivity contribution >= 4 is 28.8 Å². The second-order valence-electron chi connectivity index (χ2n) is 5.94. The second-order valence-corrected chi connectivity index (χ2v) is 6.89. The molecular weight excluding hydrogens is 402 g/mol. The highest BCUT2D eigenvalue weighted by Crippen LogP contribution is 2.22. The lowest BCUT2D eigenvalue weighted by Gasteiger charge is -2.04. The van der Waals surface area contributed by atoms with E-state index < -0.39 is 10.8 Å². The van der Waals surface area contributed by atoms with Crippen molar-refractivity contribution in [2.24, 2.45) is 0 Å².